The summed E-state index contributed by atoms with van der Waals surface area (Å²) in [6, 6.07) is 7.10. The molecule has 1 unspecified atom stereocenters. The van der Waals surface area contributed by atoms with Gasteiger partial charge in [-0.2, -0.15) is 0 Å². The Morgan fingerprint density at radius 1 is 1.36 bits per heavy atom. The first-order valence-electron chi connectivity index (χ1n) is 8.16. The highest BCUT2D eigenvalue weighted by molar-refractivity contribution is 5.92. The number of primary amides is 1. The smallest absolute Gasteiger partial charge is 0.255 e. The highest BCUT2D eigenvalue weighted by Gasteiger charge is 2.25. The van der Waals surface area contributed by atoms with E-state index < -0.39 is 5.91 Å². The van der Waals surface area contributed by atoms with Crippen LogP contribution in [0.25, 0.3) is 6.08 Å². The van der Waals surface area contributed by atoms with Crippen molar-refractivity contribution in [3.05, 3.63) is 35.9 Å². The van der Waals surface area contributed by atoms with E-state index in [1.54, 1.807) is 31.4 Å². The van der Waals surface area contributed by atoms with Crippen LogP contribution in [0.15, 0.2) is 30.3 Å². The fraction of sp³-hybridized carbons (Fsp3) is 0.444. The van der Waals surface area contributed by atoms with Gasteiger partial charge in [-0.05, 0) is 30.2 Å². The number of carbonyl (C=O) groups excluding carboxylic acids is 2. The third-order valence-corrected chi connectivity index (χ3v) is 3.85. The molecule has 0 spiro atoms. The van der Waals surface area contributed by atoms with E-state index in [0.717, 1.165) is 12.0 Å². The molecule has 7 heteroatoms. The van der Waals surface area contributed by atoms with Crippen LogP contribution in [0.4, 0.5) is 0 Å². The highest BCUT2D eigenvalue weighted by Crippen LogP contribution is 2.15. The standard InChI is InChI=1S/C18H24N2O5/c1-23-10-8-15-12-24-11-9-20(15)18(22)7-4-14-2-5-16(6-3-14)25-13-17(19)21/h2-7,15H,8-13H2,1H3,(H2,19,21)/b7-4+. The molecule has 0 bridgehead atoms. The molecule has 1 atom stereocenters. The van der Waals surface area contributed by atoms with Crippen molar-refractivity contribution in [2.75, 3.05) is 40.1 Å². The Bertz CT molecular complexity index is 600. The van der Waals surface area contributed by atoms with Crippen LogP contribution in [-0.2, 0) is 19.1 Å². The van der Waals surface area contributed by atoms with Crippen molar-refractivity contribution in [2.45, 2.75) is 12.5 Å². The number of benzene rings is 1. The van der Waals surface area contributed by atoms with Crippen LogP contribution in [-0.4, -0.2) is 62.8 Å². The van der Waals surface area contributed by atoms with E-state index in [1.165, 1.54) is 0 Å². The molecule has 0 aliphatic carbocycles. The average Bonchev–Trinajstić information content (AvgIpc) is 2.63. The minimum absolute atomic E-state index is 0.0374. The predicted molar refractivity (Wildman–Crippen MR) is 93.0 cm³/mol. The SMILES string of the molecule is COCCC1COCCN1C(=O)/C=C/c1ccc(OCC(N)=O)cc1. The van der Waals surface area contributed by atoms with Gasteiger partial charge in [0.15, 0.2) is 6.61 Å². The molecule has 25 heavy (non-hydrogen) atoms. The van der Waals surface area contributed by atoms with Crippen LogP contribution < -0.4 is 10.5 Å². The Labute approximate surface area is 147 Å². The molecule has 0 saturated carbocycles. The van der Waals surface area contributed by atoms with Gasteiger partial charge in [0.25, 0.3) is 5.91 Å². The maximum Gasteiger partial charge on any atom is 0.255 e. The number of nitrogens with zero attached hydrogens (tertiary/aromatic N) is 1. The number of hydrogen-bond donors (Lipinski definition) is 1. The molecule has 136 valence electrons. The van der Waals surface area contributed by atoms with Crippen LogP contribution in [0.1, 0.15) is 12.0 Å². The van der Waals surface area contributed by atoms with Crippen LogP contribution in [0.5, 0.6) is 5.75 Å². The Morgan fingerprint density at radius 3 is 2.80 bits per heavy atom. The van der Waals surface area contributed by atoms with Crippen molar-refractivity contribution < 1.29 is 23.8 Å². The molecule has 0 radical (unpaired) electrons. The lowest BCUT2D eigenvalue weighted by Crippen LogP contribution is -2.48. The second kappa shape index (κ2) is 9.80. The zero-order chi connectivity index (χ0) is 18.1. The third-order valence-electron chi connectivity index (χ3n) is 3.85. The summed E-state index contributed by atoms with van der Waals surface area (Å²) in [5, 5.41) is 0. The van der Waals surface area contributed by atoms with Crippen molar-refractivity contribution in [2.24, 2.45) is 5.73 Å². The number of amides is 2. The van der Waals surface area contributed by atoms with E-state index in [1.807, 2.05) is 17.0 Å². The van der Waals surface area contributed by atoms with E-state index in [4.69, 9.17) is 19.9 Å². The van der Waals surface area contributed by atoms with Gasteiger partial charge in [0, 0.05) is 26.3 Å². The molecular formula is C18H24N2O5. The first-order valence-corrected chi connectivity index (χ1v) is 8.16. The summed E-state index contributed by atoms with van der Waals surface area (Å²) in [7, 11) is 1.65. The molecular weight excluding hydrogens is 324 g/mol. The maximum atomic E-state index is 12.5. The summed E-state index contributed by atoms with van der Waals surface area (Å²) in [5.74, 6) is -0.0170. The minimum atomic E-state index is -0.525. The van der Waals surface area contributed by atoms with Gasteiger partial charge in [-0.1, -0.05) is 12.1 Å². The molecule has 1 aliphatic heterocycles. The van der Waals surface area contributed by atoms with Gasteiger partial charge in [0.2, 0.25) is 5.91 Å². The largest absolute Gasteiger partial charge is 0.484 e. The molecule has 2 N–H and O–H groups in total. The third kappa shape index (κ3) is 6.21. The highest BCUT2D eigenvalue weighted by atomic mass is 16.5. The van der Waals surface area contributed by atoms with Crippen molar-refractivity contribution in [1.29, 1.82) is 0 Å². The van der Waals surface area contributed by atoms with Gasteiger partial charge in [-0.25, -0.2) is 0 Å². The van der Waals surface area contributed by atoms with Crippen LogP contribution in [0.3, 0.4) is 0 Å². The van der Waals surface area contributed by atoms with Crippen molar-refractivity contribution >= 4 is 17.9 Å². The average molecular weight is 348 g/mol. The number of morpholine rings is 1. The number of ether oxygens (including phenoxy) is 3. The molecule has 2 amide bonds. The number of carbonyl (C=O) groups is 2. The maximum absolute atomic E-state index is 12.5. The summed E-state index contributed by atoms with van der Waals surface area (Å²) >= 11 is 0. The summed E-state index contributed by atoms with van der Waals surface area (Å²) in [6.07, 6.45) is 4.06. The summed E-state index contributed by atoms with van der Waals surface area (Å²) in [6.45, 7) is 2.10. The van der Waals surface area contributed by atoms with Crippen molar-refractivity contribution in [3.8, 4) is 5.75 Å². The molecule has 2 rings (SSSR count). The van der Waals surface area contributed by atoms with E-state index in [2.05, 4.69) is 0 Å². The molecule has 7 nitrogen and oxygen atoms in total. The van der Waals surface area contributed by atoms with Crippen molar-refractivity contribution in [1.82, 2.24) is 4.90 Å². The second-order valence-electron chi connectivity index (χ2n) is 5.70. The Morgan fingerprint density at radius 2 is 2.12 bits per heavy atom. The normalized spacial score (nSPS) is 17.6. The van der Waals surface area contributed by atoms with E-state index in [-0.39, 0.29) is 18.6 Å². The van der Waals surface area contributed by atoms with Crippen LogP contribution in [0.2, 0.25) is 0 Å². The van der Waals surface area contributed by atoms with Crippen molar-refractivity contribution in [3.63, 3.8) is 0 Å². The van der Waals surface area contributed by atoms with Gasteiger partial charge < -0.3 is 24.8 Å². The molecule has 1 fully saturated rings. The first-order chi connectivity index (χ1) is 12.1. The van der Waals surface area contributed by atoms with E-state index in [9.17, 15) is 9.59 Å². The van der Waals surface area contributed by atoms with Gasteiger partial charge in [0.1, 0.15) is 5.75 Å². The summed E-state index contributed by atoms with van der Waals surface area (Å²) in [5.41, 5.74) is 5.89. The monoisotopic (exact) mass is 348 g/mol. The quantitative estimate of drug-likeness (QED) is 0.703. The van der Waals surface area contributed by atoms with Crippen LogP contribution >= 0.6 is 0 Å². The topological polar surface area (TPSA) is 91.1 Å². The van der Waals surface area contributed by atoms with E-state index in [0.29, 0.717) is 32.1 Å². The lowest BCUT2D eigenvalue weighted by atomic mass is 10.1. The second-order valence-corrected chi connectivity index (χ2v) is 5.70. The molecule has 1 aromatic rings. The van der Waals surface area contributed by atoms with Gasteiger partial charge in [0.05, 0.1) is 19.3 Å². The lowest BCUT2D eigenvalue weighted by Gasteiger charge is -2.34. The molecule has 0 aromatic heterocycles. The van der Waals surface area contributed by atoms with Crippen LogP contribution in [0, 0.1) is 0 Å². The lowest BCUT2D eigenvalue weighted by molar-refractivity contribution is -0.135. The molecule has 1 saturated heterocycles. The molecule has 1 heterocycles. The summed E-state index contributed by atoms with van der Waals surface area (Å²) < 4.78 is 15.7. The fourth-order valence-electron chi connectivity index (χ4n) is 2.53. The number of hydrogen-bond acceptors (Lipinski definition) is 5. The Balaban J connectivity index is 1.92. The number of nitrogens with two attached hydrogens (primary N) is 1. The molecule has 1 aromatic carbocycles. The van der Waals surface area contributed by atoms with Gasteiger partial charge >= 0.3 is 0 Å². The number of rotatable bonds is 8. The van der Waals surface area contributed by atoms with Gasteiger partial charge in [-0.3, -0.25) is 9.59 Å². The van der Waals surface area contributed by atoms with E-state index >= 15 is 0 Å². The summed E-state index contributed by atoms with van der Waals surface area (Å²) in [4.78, 5) is 25.0. The Kier molecular flexibility index (Phi) is 7.43. The zero-order valence-electron chi connectivity index (χ0n) is 14.3. The molecule has 1 aliphatic rings. The first kappa shape index (κ1) is 19.0. The minimum Gasteiger partial charge on any atom is -0.484 e. The Hall–Kier alpha value is -2.38. The van der Waals surface area contributed by atoms with Gasteiger partial charge in [-0.15, -0.1) is 0 Å². The zero-order valence-corrected chi connectivity index (χ0v) is 14.3. The predicted octanol–water partition coefficient (Wildman–Crippen LogP) is 0.828. The fourth-order valence-corrected chi connectivity index (χ4v) is 2.53. The number of methoxy groups -OCH3 is 1.